The molecule has 7 heteroatoms. The molecule has 3 heterocycles. The molecule has 0 aliphatic carbocycles. The molecule has 0 atom stereocenters. The predicted molar refractivity (Wildman–Crippen MR) is 121 cm³/mol. The highest BCUT2D eigenvalue weighted by Crippen LogP contribution is 2.34. The molecule has 0 radical (unpaired) electrons. The third kappa shape index (κ3) is 5.32. The highest BCUT2D eigenvalue weighted by molar-refractivity contribution is 7.99. The van der Waals surface area contributed by atoms with E-state index < -0.39 is 0 Å². The maximum atomic E-state index is 6.14. The lowest BCUT2D eigenvalue weighted by molar-refractivity contribution is 0.0181. The van der Waals surface area contributed by atoms with Gasteiger partial charge in [0.25, 0.3) is 0 Å². The number of pyridine rings is 1. The van der Waals surface area contributed by atoms with E-state index in [-0.39, 0.29) is 6.10 Å². The van der Waals surface area contributed by atoms with Gasteiger partial charge in [-0.1, -0.05) is 35.9 Å². The van der Waals surface area contributed by atoms with Gasteiger partial charge in [-0.05, 0) is 74.4 Å². The fourth-order valence-electron chi connectivity index (χ4n) is 3.21. The molecular formula is C23H24ClN3O2S. The minimum atomic E-state index is 0.243. The number of allylic oxidation sites excluding steroid dienone is 1. The van der Waals surface area contributed by atoms with Crippen molar-refractivity contribution in [2.45, 2.75) is 42.6 Å². The molecule has 1 aliphatic heterocycles. The van der Waals surface area contributed by atoms with Crippen LogP contribution in [0, 0.1) is 0 Å². The smallest absolute Gasteiger partial charge is 0.227 e. The van der Waals surface area contributed by atoms with Crippen molar-refractivity contribution in [3.63, 3.8) is 0 Å². The van der Waals surface area contributed by atoms with E-state index in [9.17, 15) is 0 Å². The summed E-state index contributed by atoms with van der Waals surface area (Å²) in [5.41, 5.74) is 3.82. The van der Waals surface area contributed by atoms with Gasteiger partial charge >= 0.3 is 0 Å². The first-order valence-electron chi connectivity index (χ1n) is 9.96. The molecule has 0 saturated carbocycles. The fraction of sp³-hybridized carbons (Fsp3) is 0.304. The lowest BCUT2D eigenvalue weighted by atomic mass is 10.1. The Labute approximate surface area is 185 Å². The van der Waals surface area contributed by atoms with Crippen molar-refractivity contribution in [1.29, 1.82) is 0 Å². The van der Waals surface area contributed by atoms with Crippen LogP contribution in [0.5, 0.6) is 0 Å². The Bertz CT molecular complexity index is 996. The average Bonchev–Trinajstić information content (AvgIpc) is 3.17. The second-order valence-corrected chi connectivity index (χ2v) is 8.72. The van der Waals surface area contributed by atoms with Crippen LogP contribution < -0.4 is 5.32 Å². The summed E-state index contributed by atoms with van der Waals surface area (Å²) in [7, 11) is 0. The van der Waals surface area contributed by atoms with Crippen LogP contribution in [0.1, 0.15) is 31.0 Å². The van der Waals surface area contributed by atoms with Gasteiger partial charge in [0.1, 0.15) is 10.7 Å². The fourth-order valence-corrected chi connectivity index (χ4v) is 4.09. The van der Waals surface area contributed by atoms with Gasteiger partial charge in [0.2, 0.25) is 5.89 Å². The molecule has 1 saturated heterocycles. The molecule has 30 heavy (non-hydrogen) atoms. The Hall–Kier alpha value is -2.12. The molecule has 1 N–H and O–H groups in total. The highest BCUT2D eigenvalue weighted by atomic mass is 35.5. The standard InChI is InChI=1S/C23H24ClN3O2S/c1-15(2)16-3-5-17(6-4-16)22-27-20(14-28-19-9-11-25-12-10-19)23(29-22)30-21-8-7-18(24)13-26-21/h3-8,13,19,25H,1,9-12,14H2,2H3. The first kappa shape index (κ1) is 21.1. The molecule has 1 aromatic carbocycles. The van der Waals surface area contributed by atoms with Gasteiger partial charge in [-0.3, -0.25) is 0 Å². The third-order valence-electron chi connectivity index (χ3n) is 4.93. The zero-order valence-electron chi connectivity index (χ0n) is 16.9. The second-order valence-electron chi connectivity index (χ2n) is 7.29. The van der Waals surface area contributed by atoms with Gasteiger partial charge in [0.05, 0.1) is 17.7 Å². The van der Waals surface area contributed by atoms with Crippen LogP contribution in [-0.4, -0.2) is 29.2 Å². The van der Waals surface area contributed by atoms with E-state index in [0.29, 0.717) is 22.6 Å². The minimum Gasteiger partial charge on any atom is -0.429 e. The van der Waals surface area contributed by atoms with Crippen molar-refractivity contribution in [3.8, 4) is 11.5 Å². The van der Waals surface area contributed by atoms with E-state index in [4.69, 9.17) is 25.7 Å². The normalized spacial score (nSPS) is 14.7. The van der Waals surface area contributed by atoms with E-state index in [1.807, 2.05) is 43.3 Å². The van der Waals surface area contributed by atoms with Crippen LogP contribution in [0.15, 0.2) is 63.7 Å². The lowest BCUT2D eigenvalue weighted by Gasteiger charge is -2.22. The summed E-state index contributed by atoms with van der Waals surface area (Å²) in [6.07, 6.45) is 3.89. The SMILES string of the molecule is C=C(C)c1ccc(-c2nc(COC3CCNCC3)c(Sc3ccc(Cl)cn3)o2)cc1. The minimum absolute atomic E-state index is 0.243. The first-order chi connectivity index (χ1) is 14.6. The Morgan fingerprint density at radius 2 is 2.00 bits per heavy atom. The summed E-state index contributed by atoms with van der Waals surface area (Å²) >= 11 is 7.39. The summed E-state index contributed by atoms with van der Waals surface area (Å²) in [5.74, 6) is 0.573. The highest BCUT2D eigenvalue weighted by Gasteiger charge is 2.20. The maximum absolute atomic E-state index is 6.14. The maximum Gasteiger partial charge on any atom is 0.227 e. The molecule has 1 fully saturated rings. The van der Waals surface area contributed by atoms with Crippen molar-refractivity contribution < 1.29 is 9.15 Å². The molecular weight excluding hydrogens is 418 g/mol. The zero-order chi connectivity index (χ0) is 20.9. The third-order valence-corrected chi connectivity index (χ3v) is 6.10. The number of hydrogen-bond donors (Lipinski definition) is 1. The van der Waals surface area contributed by atoms with E-state index in [1.165, 1.54) is 11.8 Å². The number of rotatable bonds is 7. The number of ether oxygens (including phenoxy) is 1. The number of aromatic nitrogens is 2. The van der Waals surface area contributed by atoms with Crippen LogP contribution in [-0.2, 0) is 11.3 Å². The molecule has 0 unspecified atom stereocenters. The molecule has 3 aromatic rings. The van der Waals surface area contributed by atoms with Crippen LogP contribution in [0.3, 0.4) is 0 Å². The molecule has 2 aromatic heterocycles. The largest absolute Gasteiger partial charge is 0.429 e. The van der Waals surface area contributed by atoms with Gasteiger partial charge in [-0.2, -0.15) is 0 Å². The molecule has 0 amide bonds. The van der Waals surface area contributed by atoms with Crippen LogP contribution >= 0.6 is 23.4 Å². The van der Waals surface area contributed by atoms with Gasteiger partial charge in [0, 0.05) is 11.8 Å². The molecule has 156 valence electrons. The number of hydrogen-bond acceptors (Lipinski definition) is 6. The zero-order valence-corrected chi connectivity index (χ0v) is 18.4. The summed E-state index contributed by atoms with van der Waals surface area (Å²) < 4.78 is 12.3. The van der Waals surface area contributed by atoms with E-state index in [1.54, 1.807) is 6.20 Å². The van der Waals surface area contributed by atoms with Crippen LogP contribution in [0.4, 0.5) is 0 Å². The molecule has 4 rings (SSSR count). The van der Waals surface area contributed by atoms with Gasteiger partial charge in [0.15, 0.2) is 5.09 Å². The monoisotopic (exact) mass is 441 g/mol. The Morgan fingerprint density at radius 3 is 2.67 bits per heavy atom. The molecule has 0 bridgehead atoms. The van der Waals surface area contributed by atoms with Crippen molar-refractivity contribution in [1.82, 2.24) is 15.3 Å². The van der Waals surface area contributed by atoms with Gasteiger partial charge in [-0.25, -0.2) is 9.97 Å². The van der Waals surface area contributed by atoms with Crippen molar-refractivity contribution in [2.75, 3.05) is 13.1 Å². The van der Waals surface area contributed by atoms with Crippen molar-refractivity contribution in [3.05, 3.63) is 65.5 Å². The van der Waals surface area contributed by atoms with Crippen LogP contribution in [0.25, 0.3) is 17.0 Å². The number of benzene rings is 1. The van der Waals surface area contributed by atoms with Crippen molar-refractivity contribution >= 4 is 28.9 Å². The Kier molecular flexibility index (Phi) is 6.89. The predicted octanol–water partition coefficient (Wildman–Crippen LogP) is 5.84. The Morgan fingerprint density at radius 1 is 1.23 bits per heavy atom. The number of piperidine rings is 1. The molecule has 5 nitrogen and oxygen atoms in total. The summed E-state index contributed by atoms with van der Waals surface area (Å²) in [6.45, 7) is 8.36. The quantitative estimate of drug-likeness (QED) is 0.496. The summed E-state index contributed by atoms with van der Waals surface area (Å²) in [6, 6.07) is 11.7. The van der Waals surface area contributed by atoms with Gasteiger partial charge in [-0.15, -0.1) is 0 Å². The lowest BCUT2D eigenvalue weighted by Crippen LogP contribution is -2.32. The Balaban J connectivity index is 1.58. The molecule has 0 spiro atoms. The van der Waals surface area contributed by atoms with Gasteiger partial charge < -0.3 is 14.5 Å². The van der Waals surface area contributed by atoms with E-state index in [0.717, 1.165) is 53.4 Å². The first-order valence-corrected chi connectivity index (χ1v) is 11.2. The van der Waals surface area contributed by atoms with E-state index >= 15 is 0 Å². The number of nitrogens with one attached hydrogen (secondary N) is 1. The number of oxazole rings is 1. The molecule has 1 aliphatic rings. The second kappa shape index (κ2) is 9.79. The topological polar surface area (TPSA) is 60.2 Å². The van der Waals surface area contributed by atoms with Crippen LogP contribution in [0.2, 0.25) is 5.02 Å². The van der Waals surface area contributed by atoms with Crippen molar-refractivity contribution in [2.24, 2.45) is 0 Å². The summed E-state index contributed by atoms with van der Waals surface area (Å²) in [4.78, 5) is 9.11. The number of halogens is 1. The number of nitrogens with zero attached hydrogens (tertiary/aromatic N) is 2. The summed E-state index contributed by atoms with van der Waals surface area (Å²) in [5, 5.41) is 5.44. The van der Waals surface area contributed by atoms with E-state index in [2.05, 4.69) is 16.9 Å². The average molecular weight is 442 g/mol.